The first kappa shape index (κ1) is 15.3. The molecule has 0 spiro atoms. The van der Waals surface area contributed by atoms with Crippen molar-refractivity contribution in [3.05, 3.63) is 58.5 Å². The zero-order valence-electron chi connectivity index (χ0n) is 14.2. The molecule has 1 fully saturated rings. The van der Waals surface area contributed by atoms with Gasteiger partial charge in [-0.25, -0.2) is 9.97 Å². The van der Waals surface area contributed by atoms with Crippen molar-refractivity contribution in [3.63, 3.8) is 0 Å². The molecule has 0 amide bonds. The Morgan fingerprint density at radius 3 is 2.77 bits per heavy atom. The lowest BCUT2D eigenvalue weighted by atomic mass is 9.80. The molecule has 130 valence electrons. The molecule has 3 heterocycles. The van der Waals surface area contributed by atoms with Gasteiger partial charge in [-0.05, 0) is 25.3 Å². The second-order valence-corrected chi connectivity index (χ2v) is 7.01. The van der Waals surface area contributed by atoms with Crippen LogP contribution in [0.1, 0.15) is 30.9 Å². The molecule has 3 atom stereocenters. The number of nitrogens with one attached hydrogen (secondary N) is 2. The summed E-state index contributed by atoms with van der Waals surface area (Å²) < 4.78 is 0. The molecule has 26 heavy (non-hydrogen) atoms. The molecule has 0 saturated heterocycles. The van der Waals surface area contributed by atoms with Crippen molar-refractivity contribution in [2.24, 2.45) is 4.99 Å². The van der Waals surface area contributed by atoms with Gasteiger partial charge in [-0.1, -0.05) is 30.3 Å². The van der Waals surface area contributed by atoms with Gasteiger partial charge in [0, 0.05) is 17.5 Å². The Morgan fingerprint density at radius 2 is 1.88 bits per heavy atom. The fourth-order valence-electron chi connectivity index (χ4n) is 4.07. The molecule has 3 aromatic rings. The largest absolute Gasteiger partial charge is 0.372 e. The van der Waals surface area contributed by atoms with Crippen LogP contribution in [0.5, 0.6) is 0 Å². The minimum absolute atomic E-state index is 0.161. The Morgan fingerprint density at radius 1 is 1.00 bits per heavy atom. The maximum atomic E-state index is 11.7. The average molecular weight is 345 g/mol. The number of rotatable bonds is 2. The Labute approximate surface area is 150 Å². The molecule has 1 aliphatic carbocycles. The molecule has 5 rings (SSSR count). The number of hydrogen-bond acceptors (Lipinski definition) is 5. The Hall–Kier alpha value is -3.02. The van der Waals surface area contributed by atoms with E-state index in [4.69, 9.17) is 9.97 Å². The van der Waals surface area contributed by atoms with Crippen LogP contribution in [0, 0.1) is 0 Å². The van der Waals surface area contributed by atoms with Gasteiger partial charge in [0.15, 0.2) is 5.65 Å². The fourth-order valence-corrected chi connectivity index (χ4v) is 4.07. The molecule has 2 aromatic heterocycles. The summed E-state index contributed by atoms with van der Waals surface area (Å²) in [5.41, 5.74) is 4.02. The highest BCUT2D eigenvalue weighted by molar-refractivity contribution is 5.75. The maximum Gasteiger partial charge on any atom is 0.249 e. The smallest absolute Gasteiger partial charge is 0.249 e. The summed E-state index contributed by atoms with van der Waals surface area (Å²) in [6.45, 7) is 0. The lowest BCUT2D eigenvalue weighted by molar-refractivity contribution is 0.344. The molecule has 0 radical (unpaired) electrons. The van der Waals surface area contributed by atoms with E-state index in [2.05, 4.69) is 15.3 Å². The van der Waals surface area contributed by atoms with Crippen molar-refractivity contribution in [1.82, 2.24) is 20.3 Å². The first-order valence-electron chi connectivity index (χ1n) is 9.02. The number of aromatic amines is 1. The number of aliphatic imine (C=N–C) groups is 1. The summed E-state index contributed by atoms with van der Waals surface area (Å²) >= 11 is 0. The third-order valence-corrected chi connectivity index (χ3v) is 5.39. The van der Waals surface area contributed by atoms with Crippen molar-refractivity contribution >= 4 is 17.5 Å². The molecule has 3 unspecified atom stereocenters. The van der Waals surface area contributed by atoms with Crippen LogP contribution in [0.15, 0.2) is 52.3 Å². The number of aromatic nitrogens is 3. The summed E-state index contributed by atoms with van der Waals surface area (Å²) in [5.74, 6) is 0.324. The zero-order valence-corrected chi connectivity index (χ0v) is 14.2. The summed E-state index contributed by atoms with van der Waals surface area (Å²) in [6.07, 6.45) is 4.93. The fraction of sp³-hybridized carbons (Fsp3) is 0.300. The van der Waals surface area contributed by atoms with Crippen molar-refractivity contribution < 1.29 is 0 Å². The van der Waals surface area contributed by atoms with Crippen molar-refractivity contribution in [2.75, 3.05) is 0 Å². The minimum atomic E-state index is -0.161. The summed E-state index contributed by atoms with van der Waals surface area (Å²) in [7, 11) is 0. The van der Waals surface area contributed by atoms with Gasteiger partial charge in [-0.15, -0.1) is 0 Å². The molecule has 0 bridgehead atoms. The average Bonchev–Trinajstić information content (AvgIpc) is 3.15. The molecule has 1 saturated carbocycles. The lowest BCUT2D eigenvalue weighted by Crippen LogP contribution is -2.37. The van der Waals surface area contributed by atoms with Gasteiger partial charge in [-0.3, -0.25) is 9.79 Å². The predicted molar refractivity (Wildman–Crippen MR) is 101 cm³/mol. The van der Waals surface area contributed by atoms with Crippen LogP contribution in [0.2, 0.25) is 0 Å². The first-order valence-corrected chi connectivity index (χ1v) is 9.02. The van der Waals surface area contributed by atoms with Crippen molar-refractivity contribution in [2.45, 2.75) is 37.3 Å². The molecule has 6 nitrogen and oxygen atoms in total. The molecular weight excluding hydrogens is 326 g/mol. The van der Waals surface area contributed by atoms with E-state index in [0.29, 0.717) is 23.6 Å². The standard InChI is InChI=1S/C20H19N5O/c26-17-9-8-15-20(24-17)25-18(12-4-2-1-3-5-12)19(23-15)13-6-7-14-16(10-13)22-11-21-14/h1-5,8-9,11,13-14,16H,6-7,10H2,(H,21,22)(H,24,25,26). The van der Waals surface area contributed by atoms with E-state index >= 15 is 0 Å². The Balaban J connectivity index is 1.65. The second-order valence-electron chi connectivity index (χ2n) is 7.01. The number of benzene rings is 1. The maximum absolute atomic E-state index is 11.7. The predicted octanol–water partition coefficient (Wildman–Crippen LogP) is 2.62. The van der Waals surface area contributed by atoms with Crippen LogP contribution in [0.25, 0.3) is 22.4 Å². The molecule has 1 aliphatic heterocycles. The first-order chi connectivity index (χ1) is 12.8. The van der Waals surface area contributed by atoms with Crippen LogP contribution < -0.4 is 10.9 Å². The molecule has 6 heteroatoms. The van der Waals surface area contributed by atoms with E-state index in [-0.39, 0.29) is 5.56 Å². The van der Waals surface area contributed by atoms with Crippen LogP contribution in [-0.2, 0) is 0 Å². The third kappa shape index (κ3) is 2.58. The van der Waals surface area contributed by atoms with E-state index in [9.17, 15) is 4.79 Å². The SMILES string of the molecule is O=c1ccc2nc(C3CCC4N=CNC4C3)c(-c3ccccc3)nc2[nH]1. The number of nitrogens with zero attached hydrogens (tertiary/aromatic N) is 3. The van der Waals surface area contributed by atoms with Gasteiger partial charge in [0.2, 0.25) is 5.56 Å². The summed E-state index contributed by atoms with van der Waals surface area (Å²) in [5, 5.41) is 3.37. The van der Waals surface area contributed by atoms with E-state index < -0.39 is 0 Å². The molecule has 1 aromatic carbocycles. The lowest BCUT2D eigenvalue weighted by Gasteiger charge is -2.31. The van der Waals surface area contributed by atoms with Crippen LogP contribution >= 0.6 is 0 Å². The number of fused-ring (bicyclic) bond motifs is 2. The van der Waals surface area contributed by atoms with Crippen LogP contribution in [-0.4, -0.2) is 33.4 Å². The van der Waals surface area contributed by atoms with Gasteiger partial charge in [0.25, 0.3) is 0 Å². The number of pyridine rings is 1. The van der Waals surface area contributed by atoms with E-state index in [1.807, 2.05) is 36.7 Å². The summed E-state index contributed by atoms with van der Waals surface area (Å²) in [4.78, 5) is 28.7. The highest BCUT2D eigenvalue weighted by atomic mass is 16.1. The normalized spacial score (nSPS) is 24.4. The summed E-state index contributed by atoms with van der Waals surface area (Å²) in [6, 6.07) is 14.1. The van der Waals surface area contributed by atoms with Gasteiger partial charge < -0.3 is 10.3 Å². The van der Waals surface area contributed by atoms with Gasteiger partial charge in [0.05, 0.1) is 29.8 Å². The highest BCUT2D eigenvalue weighted by Crippen LogP contribution is 2.38. The van der Waals surface area contributed by atoms with E-state index in [0.717, 1.165) is 41.7 Å². The topological polar surface area (TPSA) is 83.0 Å². The van der Waals surface area contributed by atoms with E-state index in [1.54, 1.807) is 6.07 Å². The highest BCUT2D eigenvalue weighted by Gasteiger charge is 2.34. The van der Waals surface area contributed by atoms with Gasteiger partial charge >= 0.3 is 0 Å². The third-order valence-electron chi connectivity index (χ3n) is 5.39. The van der Waals surface area contributed by atoms with Gasteiger partial charge in [0.1, 0.15) is 5.52 Å². The van der Waals surface area contributed by atoms with Crippen molar-refractivity contribution in [3.8, 4) is 11.3 Å². The Kier molecular flexibility index (Phi) is 3.55. The van der Waals surface area contributed by atoms with Crippen LogP contribution in [0.3, 0.4) is 0 Å². The number of H-pyrrole nitrogens is 1. The monoisotopic (exact) mass is 345 g/mol. The molecule has 2 N–H and O–H groups in total. The quantitative estimate of drug-likeness (QED) is 0.748. The number of hydrogen-bond donors (Lipinski definition) is 2. The Bertz CT molecular complexity index is 1040. The van der Waals surface area contributed by atoms with Crippen molar-refractivity contribution in [1.29, 1.82) is 0 Å². The minimum Gasteiger partial charge on any atom is -0.372 e. The van der Waals surface area contributed by atoms with E-state index in [1.165, 1.54) is 6.07 Å². The molecular formula is C20H19N5O. The van der Waals surface area contributed by atoms with Gasteiger partial charge in [-0.2, -0.15) is 0 Å². The second kappa shape index (κ2) is 6.05. The zero-order chi connectivity index (χ0) is 17.5. The van der Waals surface area contributed by atoms with Crippen LogP contribution in [0.4, 0.5) is 0 Å². The molecule has 2 aliphatic rings.